The first kappa shape index (κ1) is 19.4. The van der Waals surface area contributed by atoms with Gasteiger partial charge in [-0.15, -0.1) is 11.3 Å². The molecule has 1 aromatic heterocycles. The van der Waals surface area contributed by atoms with Crippen LogP contribution < -0.4 is 9.80 Å². The zero-order valence-corrected chi connectivity index (χ0v) is 17.9. The number of hydrogen-bond acceptors (Lipinski definition) is 3. The summed E-state index contributed by atoms with van der Waals surface area (Å²) in [6.45, 7) is 8.08. The van der Waals surface area contributed by atoms with Crippen molar-refractivity contribution in [2.45, 2.75) is 33.7 Å². The van der Waals surface area contributed by atoms with Gasteiger partial charge in [0.15, 0.2) is 6.04 Å². The second-order valence-electron chi connectivity index (χ2n) is 7.62. The number of thiophene rings is 1. The van der Waals surface area contributed by atoms with Gasteiger partial charge >= 0.3 is 0 Å². The molecule has 0 unspecified atom stereocenters. The molecule has 0 spiro atoms. The van der Waals surface area contributed by atoms with Gasteiger partial charge in [-0.3, -0.25) is 14.5 Å². The van der Waals surface area contributed by atoms with Gasteiger partial charge in [-0.25, -0.2) is 0 Å². The van der Waals surface area contributed by atoms with Crippen LogP contribution in [0.1, 0.15) is 33.2 Å². The van der Waals surface area contributed by atoms with E-state index >= 15 is 0 Å². The van der Waals surface area contributed by atoms with E-state index < -0.39 is 6.04 Å². The third kappa shape index (κ3) is 3.36. The highest BCUT2D eigenvalue weighted by Crippen LogP contribution is 2.38. The van der Waals surface area contributed by atoms with E-state index in [1.54, 1.807) is 9.80 Å². The Bertz CT molecular complexity index is 1090. The van der Waals surface area contributed by atoms with Gasteiger partial charge in [0.1, 0.15) is 6.54 Å². The summed E-state index contributed by atoms with van der Waals surface area (Å²) in [4.78, 5) is 31.3. The van der Waals surface area contributed by atoms with Crippen LogP contribution in [-0.4, -0.2) is 18.4 Å². The monoisotopic (exact) mass is 404 g/mol. The predicted octanol–water partition coefficient (Wildman–Crippen LogP) is 5.10. The lowest BCUT2D eigenvalue weighted by Crippen LogP contribution is -2.56. The van der Waals surface area contributed by atoms with E-state index in [0.717, 1.165) is 38.5 Å². The van der Waals surface area contributed by atoms with Crippen LogP contribution in [0.25, 0.3) is 0 Å². The molecule has 1 fully saturated rings. The third-order valence-electron chi connectivity index (χ3n) is 5.61. The van der Waals surface area contributed by atoms with Gasteiger partial charge in [-0.1, -0.05) is 35.9 Å². The lowest BCUT2D eigenvalue weighted by molar-refractivity contribution is -0.128. The molecule has 0 bridgehead atoms. The quantitative estimate of drug-likeness (QED) is 0.609. The maximum Gasteiger partial charge on any atom is 0.256 e. The molecule has 1 atom stereocenters. The Morgan fingerprint density at radius 1 is 0.897 bits per heavy atom. The molecule has 0 saturated carbocycles. The molecule has 1 aliphatic heterocycles. The molecule has 5 heteroatoms. The summed E-state index contributed by atoms with van der Waals surface area (Å²) in [5.41, 5.74) is 5.86. The lowest BCUT2D eigenvalue weighted by atomic mass is 10.0. The molecule has 4 nitrogen and oxygen atoms in total. The third-order valence-corrected chi connectivity index (χ3v) is 6.54. The van der Waals surface area contributed by atoms with E-state index in [1.165, 1.54) is 11.3 Å². The van der Waals surface area contributed by atoms with Crippen molar-refractivity contribution in [2.24, 2.45) is 0 Å². The van der Waals surface area contributed by atoms with Crippen LogP contribution >= 0.6 is 11.3 Å². The molecule has 148 valence electrons. The average molecular weight is 405 g/mol. The van der Waals surface area contributed by atoms with Crippen molar-refractivity contribution in [2.75, 3.05) is 16.3 Å². The van der Waals surface area contributed by atoms with E-state index in [2.05, 4.69) is 6.07 Å². The number of piperazine rings is 1. The Morgan fingerprint density at radius 2 is 1.69 bits per heavy atom. The van der Waals surface area contributed by atoms with Crippen molar-refractivity contribution in [3.8, 4) is 0 Å². The predicted molar refractivity (Wildman–Crippen MR) is 119 cm³/mol. The summed E-state index contributed by atoms with van der Waals surface area (Å²) in [5, 5.41) is 1.95. The first-order valence-electron chi connectivity index (χ1n) is 9.69. The Hall–Kier alpha value is -2.92. The first-order valence-corrected chi connectivity index (χ1v) is 10.6. The SMILES string of the molecule is Cc1ccc(N2C(=O)CN(c3cccc(C)c3C)C(=O)[C@@H]2c2cccs2)c(C)c1. The van der Waals surface area contributed by atoms with E-state index in [9.17, 15) is 9.59 Å². The number of amides is 2. The summed E-state index contributed by atoms with van der Waals surface area (Å²) in [6.07, 6.45) is 0. The highest BCUT2D eigenvalue weighted by molar-refractivity contribution is 7.10. The Balaban J connectivity index is 1.84. The van der Waals surface area contributed by atoms with E-state index in [-0.39, 0.29) is 18.4 Å². The number of carbonyl (C=O) groups excluding carboxylic acids is 2. The summed E-state index contributed by atoms with van der Waals surface area (Å²) < 4.78 is 0. The number of nitrogens with zero attached hydrogens (tertiary/aromatic N) is 2. The number of carbonyl (C=O) groups is 2. The van der Waals surface area contributed by atoms with Gasteiger partial charge < -0.3 is 4.90 Å². The van der Waals surface area contributed by atoms with Crippen molar-refractivity contribution in [3.05, 3.63) is 81.0 Å². The second kappa shape index (κ2) is 7.48. The van der Waals surface area contributed by atoms with Gasteiger partial charge in [-0.2, -0.15) is 0 Å². The number of aryl methyl sites for hydroxylation is 3. The van der Waals surface area contributed by atoms with Gasteiger partial charge in [0.2, 0.25) is 5.91 Å². The molecular formula is C24H24N2O2S. The summed E-state index contributed by atoms with van der Waals surface area (Å²) in [6, 6.07) is 15.1. The summed E-state index contributed by atoms with van der Waals surface area (Å²) in [7, 11) is 0. The van der Waals surface area contributed by atoms with Crippen LogP contribution in [0.5, 0.6) is 0 Å². The number of rotatable bonds is 3. The fourth-order valence-corrected chi connectivity index (χ4v) is 4.77. The molecule has 1 aliphatic rings. The largest absolute Gasteiger partial charge is 0.301 e. The fourth-order valence-electron chi connectivity index (χ4n) is 3.97. The fraction of sp³-hybridized carbons (Fsp3) is 0.250. The molecule has 0 radical (unpaired) electrons. The molecule has 0 N–H and O–H groups in total. The van der Waals surface area contributed by atoms with Crippen molar-refractivity contribution < 1.29 is 9.59 Å². The van der Waals surface area contributed by atoms with Gasteiger partial charge in [0.05, 0.1) is 0 Å². The Morgan fingerprint density at radius 3 is 2.38 bits per heavy atom. The van der Waals surface area contributed by atoms with Crippen molar-refractivity contribution in [1.29, 1.82) is 0 Å². The topological polar surface area (TPSA) is 40.6 Å². The molecule has 3 aromatic rings. The standard InChI is InChI=1S/C24H24N2O2S/c1-15-10-11-19(17(3)13-15)26-22(27)14-25(20-8-5-7-16(2)18(20)4)24(28)23(26)21-9-6-12-29-21/h5-13,23H,14H2,1-4H3/t23-/m0/s1. The molecule has 29 heavy (non-hydrogen) atoms. The summed E-state index contributed by atoms with van der Waals surface area (Å²) >= 11 is 1.51. The maximum absolute atomic E-state index is 13.7. The smallest absolute Gasteiger partial charge is 0.256 e. The summed E-state index contributed by atoms with van der Waals surface area (Å²) in [5.74, 6) is -0.142. The molecule has 2 amide bonds. The van der Waals surface area contributed by atoms with Crippen LogP contribution in [0.4, 0.5) is 11.4 Å². The van der Waals surface area contributed by atoms with Crippen molar-refractivity contribution in [1.82, 2.24) is 0 Å². The minimum absolute atomic E-state index is 0.0400. The number of anilines is 2. The number of hydrogen-bond donors (Lipinski definition) is 0. The van der Waals surface area contributed by atoms with Crippen LogP contribution in [0.15, 0.2) is 53.9 Å². The van der Waals surface area contributed by atoms with E-state index in [0.29, 0.717) is 0 Å². The minimum Gasteiger partial charge on any atom is -0.301 e. The second-order valence-corrected chi connectivity index (χ2v) is 8.59. The molecule has 0 aliphatic carbocycles. The van der Waals surface area contributed by atoms with Gasteiger partial charge in [0.25, 0.3) is 5.91 Å². The van der Waals surface area contributed by atoms with Gasteiger partial charge in [0, 0.05) is 16.3 Å². The highest BCUT2D eigenvalue weighted by atomic mass is 32.1. The van der Waals surface area contributed by atoms with E-state index in [4.69, 9.17) is 0 Å². The Kier molecular flexibility index (Phi) is 5.01. The van der Waals surface area contributed by atoms with E-state index in [1.807, 2.05) is 75.5 Å². The average Bonchev–Trinajstić information content (AvgIpc) is 3.20. The van der Waals surface area contributed by atoms with Crippen LogP contribution in [0, 0.1) is 27.7 Å². The first-order chi connectivity index (χ1) is 13.9. The van der Waals surface area contributed by atoms with Crippen molar-refractivity contribution in [3.63, 3.8) is 0 Å². The van der Waals surface area contributed by atoms with Crippen LogP contribution in [-0.2, 0) is 9.59 Å². The van der Waals surface area contributed by atoms with Crippen LogP contribution in [0.2, 0.25) is 0 Å². The Labute approximate surface area is 175 Å². The molecule has 1 saturated heterocycles. The zero-order chi connectivity index (χ0) is 20.7. The number of benzene rings is 2. The maximum atomic E-state index is 13.7. The van der Waals surface area contributed by atoms with Crippen molar-refractivity contribution >= 4 is 34.5 Å². The lowest BCUT2D eigenvalue weighted by Gasteiger charge is -2.41. The molecule has 2 heterocycles. The highest BCUT2D eigenvalue weighted by Gasteiger charge is 2.43. The normalized spacial score (nSPS) is 17.2. The molecule has 4 rings (SSSR count). The zero-order valence-electron chi connectivity index (χ0n) is 17.1. The molecule has 2 aromatic carbocycles. The van der Waals surface area contributed by atoms with Crippen LogP contribution in [0.3, 0.4) is 0 Å². The minimum atomic E-state index is -0.655. The van der Waals surface area contributed by atoms with Gasteiger partial charge in [-0.05, 0) is 68.0 Å². The molecular weight excluding hydrogens is 380 g/mol.